The molecular weight excluding hydrogens is 361 g/mol. The Bertz CT molecular complexity index is 258. The molecule has 20 heavy (non-hydrogen) atoms. The molecule has 4 heteroatoms. The molecule has 116 valence electrons. The second kappa shape index (κ2) is 7.25. The quantitative estimate of drug-likeness (QED) is 0.529. The van der Waals surface area contributed by atoms with Gasteiger partial charge in [-0.2, -0.15) is 0 Å². The van der Waals surface area contributed by atoms with Crippen LogP contribution in [0.2, 0.25) is 0 Å². The van der Waals surface area contributed by atoms with E-state index < -0.39 is 0 Å². The molecule has 3 saturated heterocycles. The van der Waals surface area contributed by atoms with Gasteiger partial charge in [0.1, 0.15) is 0 Å². The van der Waals surface area contributed by atoms with Crippen LogP contribution >= 0.6 is 22.6 Å². The van der Waals surface area contributed by atoms with Gasteiger partial charge >= 0.3 is 0 Å². The highest BCUT2D eigenvalue weighted by Crippen LogP contribution is 2.26. The molecule has 0 unspecified atom stereocenters. The Labute approximate surface area is 138 Å². The highest BCUT2D eigenvalue weighted by atomic mass is 127. The Morgan fingerprint density at radius 2 is 1.05 bits per heavy atom. The third kappa shape index (κ3) is 3.87. The topological polar surface area (TPSA) is 9.72 Å². The molecule has 0 N–H and O–H groups in total. The van der Waals surface area contributed by atoms with E-state index in [-0.39, 0.29) is 0 Å². The van der Waals surface area contributed by atoms with Crippen LogP contribution in [-0.2, 0) is 0 Å². The first kappa shape index (κ1) is 15.5. The minimum atomic E-state index is 0.882. The van der Waals surface area contributed by atoms with Crippen molar-refractivity contribution in [2.24, 2.45) is 0 Å². The zero-order valence-corrected chi connectivity index (χ0v) is 15.1. The Kier molecular flexibility index (Phi) is 5.62. The number of hydrogen-bond donors (Lipinski definition) is 0. The molecule has 3 aliphatic heterocycles. The largest absolute Gasteiger partial charge is 0.306 e. The molecular formula is C16H30IN3. The van der Waals surface area contributed by atoms with Gasteiger partial charge in [0.05, 0.1) is 0 Å². The van der Waals surface area contributed by atoms with Crippen molar-refractivity contribution < 1.29 is 0 Å². The molecule has 0 amide bonds. The minimum absolute atomic E-state index is 0.882. The van der Waals surface area contributed by atoms with Crippen molar-refractivity contribution in [1.29, 1.82) is 0 Å². The first-order valence-electron chi connectivity index (χ1n) is 8.53. The number of halogens is 1. The van der Waals surface area contributed by atoms with Crippen LogP contribution in [0.5, 0.6) is 0 Å². The summed E-state index contributed by atoms with van der Waals surface area (Å²) in [4.78, 5) is 8.08. The lowest BCUT2D eigenvalue weighted by Crippen LogP contribution is -2.52. The lowest BCUT2D eigenvalue weighted by Gasteiger charge is -2.44. The maximum Gasteiger partial charge on any atom is 0.0134 e. The maximum absolute atomic E-state index is 2.80. The smallest absolute Gasteiger partial charge is 0.0134 e. The third-order valence-corrected chi connectivity index (χ3v) is 6.92. The molecule has 0 saturated carbocycles. The fraction of sp³-hybridized carbons (Fsp3) is 1.00. The summed E-state index contributed by atoms with van der Waals surface area (Å²) < 4.78 is 0.933. The van der Waals surface area contributed by atoms with E-state index in [0.717, 1.165) is 16.0 Å². The highest BCUT2D eigenvalue weighted by molar-refractivity contribution is 14.1. The molecule has 0 bridgehead atoms. The first-order valence-corrected chi connectivity index (χ1v) is 9.77. The maximum atomic E-state index is 2.80. The van der Waals surface area contributed by atoms with Gasteiger partial charge in [0.2, 0.25) is 0 Å². The molecule has 0 aromatic rings. The van der Waals surface area contributed by atoms with Gasteiger partial charge in [-0.15, -0.1) is 0 Å². The summed E-state index contributed by atoms with van der Waals surface area (Å²) in [5.41, 5.74) is 0. The summed E-state index contributed by atoms with van der Waals surface area (Å²) >= 11 is 2.63. The Balaban J connectivity index is 1.42. The SMILES string of the molecule is CN1CCC(N2CCC(N3CCC(I)CC3)CC2)CC1. The van der Waals surface area contributed by atoms with Crippen LogP contribution in [0.3, 0.4) is 0 Å². The van der Waals surface area contributed by atoms with Crippen LogP contribution in [0.15, 0.2) is 0 Å². The van der Waals surface area contributed by atoms with Gasteiger partial charge < -0.3 is 14.7 Å². The van der Waals surface area contributed by atoms with E-state index in [1.165, 1.54) is 77.8 Å². The summed E-state index contributed by atoms with van der Waals surface area (Å²) in [5.74, 6) is 0. The standard InChI is InChI=1S/C16H30IN3/c1-18-8-4-15(5-9-18)20-12-6-16(7-13-20)19-10-2-14(17)3-11-19/h14-16H,2-13H2,1H3. The fourth-order valence-electron chi connectivity index (χ4n) is 4.21. The van der Waals surface area contributed by atoms with E-state index in [0.29, 0.717) is 0 Å². The van der Waals surface area contributed by atoms with Crippen molar-refractivity contribution in [3.63, 3.8) is 0 Å². The van der Waals surface area contributed by atoms with Crippen LogP contribution in [-0.4, -0.2) is 77.0 Å². The minimum Gasteiger partial charge on any atom is -0.306 e. The van der Waals surface area contributed by atoms with Crippen molar-refractivity contribution in [1.82, 2.24) is 14.7 Å². The van der Waals surface area contributed by atoms with Crippen molar-refractivity contribution in [3.05, 3.63) is 0 Å². The summed E-state index contributed by atoms with van der Waals surface area (Å²) in [6.07, 6.45) is 8.44. The average Bonchev–Trinajstić information content (AvgIpc) is 2.49. The van der Waals surface area contributed by atoms with Crippen LogP contribution in [0.4, 0.5) is 0 Å². The van der Waals surface area contributed by atoms with Gasteiger partial charge in [0, 0.05) is 16.0 Å². The number of piperidine rings is 3. The number of rotatable bonds is 2. The van der Waals surface area contributed by atoms with Crippen LogP contribution in [0.1, 0.15) is 38.5 Å². The van der Waals surface area contributed by atoms with E-state index in [1.54, 1.807) is 0 Å². The third-order valence-electron chi connectivity index (χ3n) is 5.68. The molecule has 0 aliphatic carbocycles. The van der Waals surface area contributed by atoms with Gasteiger partial charge in [0.25, 0.3) is 0 Å². The predicted octanol–water partition coefficient (Wildman–Crippen LogP) is 2.44. The van der Waals surface area contributed by atoms with Crippen LogP contribution < -0.4 is 0 Å². The molecule has 3 fully saturated rings. The van der Waals surface area contributed by atoms with Crippen molar-refractivity contribution in [2.45, 2.75) is 54.5 Å². The Hall–Kier alpha value is 0.610. The number of nitrogens with zero attached hydrogens (tertiary/aromatic N) is 3. The van der Waals surface area contributed by atoms with E-state index in [2.05, 4.69) is 44.3 Å². The molecule has 0 atom stereocenters. The fourth-order valence-corrected chi connectivity index (χ4v) is 4.77. The van der Waals surface area contributed by atoms with Gasteiger partial charge in [-0.3, -0.25) is 0 Å². The van der Waals surface area contributed by atoms with Crippen molar-refractivity contribution in [3.8, 4) is 0 Å². The normalized spacial score (nSPS) is 30.9. The van der Waals surface area contributed by atoms with Gasteiger partial charge in [-0.1, -0.05) is 22.6 Å². The number of alkyl halides is 1. The summed E-state index contributed by atoms with van der Waals surface area (Å²) in [5, 5.41) is 0. The van der Waals surface area contributed by atoms with Crippen LogP contribution in [0.25, 0.3) is 0 Å². The zero-order chi connectivity index (χ0) is 13.9. The molecule has 0 aromatic carbocycles. The van der Waals surface area contributed by atoms with Crippen molar-refractivity contribution in [2.75, 3.05) is 46.3 Å². The summed E-state index contributed by atoms with van der Waals surface area (Å²) in [7, 11) is 2.26. The van der Waals surface area contributed by atoms with Crippen LogP contribution in [0, 0.1) is 0 Å². The first-order chi connectivity index (χ1) is 9.72. The molecule has 3 rings (SSSR count). The lowest BCUT2D eigenvalue weighted by atomic mass is 9.96. The number of likely N-dealkylation sites (tertiary alicyclic amines) is 3. The molecule has 0 radical (unpaired) electrons. The zero-order valence-electron chi connectivity index (χ0n) is 12.9. The van der Waals surface area contributed by atoms with Gasteiger partial charge in [-0.05, 0) is 84.8 Å². The van der Waals surface area contributed by atoms with Gasteiger partial charge in [-0.25, -0.2) is 0 Å². The monoisotopic (exact) mass is 391 g/mol. The predicted molar refractivity (Wildman–Crippen MR) is 93.7 cm³/mol. The summed E-state index contributed by atoms with van der Waals surface area (Å²) in [6, 6.07) is 1.77. The van der Waals surface area contributed by atoms with E-state index >= 15 is 0 Å². The molecule has 3 heterocycles. The molecule has 0 aromatic heterocycles. The molecule has 3 nitrogen and oxygen atoms in total. The second-order valence-electron chi connectivity index (χ2n) is 7.01. The van der Waals surface area contributed by atoms with Gasteiger partial charge in [0.15, 0.2) is 0 Å². The summed E-state index contributed by atoms with van der Waals surface area (Å²) in [6.45, 7) is 8.01. The Morgan fingerprint density at radius 1 is 0.650 bits per heavy atom. The Morgan fingerprint density at radius 3 is 1.55 bits per heavy atom. The van der Waals surface area contributed by atoms with Crippen molar-refractivity contribution >= 4 is 22.6 Å². The number of hydrogen-bond acceptors (Lipinski definition) is 3. The van der Waals surface area contributed by atoms with E-state index in [4.69, 9.17) is 0 Å². The lowest BCUT2D eigenvalue weighted by molar-refractivity contribution is 0.0533. The highest BCUT2D eigenvalue weighted by Gasteiger charge is 2.30. The van der Waals surface area contributed by atoms with E-state index in [1.807, 2.05) is 0 Å². The molecule has 3 aliphatic rings. The molecule has 0 spiro atoms. The average molecular weight is 391 g/mol. The second-order valence-corrected chi connectivity index (χ2v) is 8.77. The van der Waals surface area contributed by atoms with E-state index in [9.17, 15) is 0 Å².